The van der Waals surface area contributed by atoms with Gasteiger partial charge in [-0.15, -0.1) is 0 Å². The Bertz CT molecular complexity index is 893. The summed E-state index contributed by atoms with van der Waals surface area (Å²) in [4.78, 5) is 16.3. The fourth-order valence-corrected chi connectivity index (χ4v) is 2.66. The first-order chi connectivity index (χ1) is 12.3. The van der Waals surface area contributed by atoms with E-state index in [1.807, 2.05) is 0 Å². The fraction of sp³-hybridized carbons (Fsp3) is 0.250. The minimum Gasteiger partial charge on any atom is -0.307 e. The number of benzene rings is 1. The Balaban J connectivity index is 1.72. The van der Waals surface area contributed by atoms with E-state index in [4.69, 9.17) is 11.6 Å². The summed E-state index contributed by atoms with van der Waals surface area (Å²) < 4.78 is 1.76. The van der Waals surface area contributed by atoms with Gasteiger partial charge in [0.1, 0.15) is 11.0 Å². The maximum Gasteiger partial charge on any atom is 0.258 e. The lowest BCUT2D eigenvalue weighted by Gasteiger charge is -2.19. The number of aromatic nitrogens is 3. The first-order valence-electron chi connectivity index (χ1n) is 8.37. The second-order valence-corrected chi connectivity index (χ2v) is 7.53. The van der Waals surface area contributed by atoms with Gasteiger partial charge in [0.2, 0.25) is 0 Å². The van der Waals surface area contributed by atoms with E-state index in [-0.39, 0.29) is 11.3 Å². The van der Waals surface area contributed by atoms with Crippen LogP contribution in [0.1, 0.15) is 42.3 Å². The Kier molecular flexibility index (Phi) is 5.09. The molecule has 5 nitrogen and oxygen atoms in total. The molecule has 3 aromatic rings. The van der Waals surface area contributed by atoms with Gasteiger partial charge in [-0.1, -0.05) is 56.6 Å². The van der Waals surface area contributed by atoms with Crippen molar-refractivity contribution >= 4 is 23.3 Å². The SMILES string of the molecule is CC(C)(C)c1ccc(Cn2nccc2NC(=O)c2ccc(Cl)nc2)cc1. The highest BCUT2D eigenvalue weighted by atomic mass is 35.5. The van der Waals surface area contributed by atoms with Crippen molar-refractivity contribution < 1.29 is 4.79 Å². The fourth-order valence-electron chi connectivity index (χ4n) is 2.55. The molecule has 0 saturated carbocycles. The van der Waals surface area contributed by atoms with Gasteiger partial charge in [-0.3, -0.25) is 4.79 Å². The van der Waals surface area contributed by atoms with Crippen LogP contribution < -0.4 is 5.32 Å². The third kappa shape index (κ3) is 4.29. The minimum atomic E-state index is -0.251. The lowest BCUT2D eigenvalue weighted by Crippen LogP contribution is -2.16. The average molecular weight is 369 g/mol. The van der Waals surface area contributed by atoms with Crippen LogP contribution in [0.25, 0.3) is 0 Å². The van der Waals surface area contributed by atoms with Crippen molar-refractivity contribution in [3.8, 4) is 0 Å². The van der Waals surface area contributed by atoms with Crippen molar-refractivity contribution in [3.63, 3.8) is 0 Å². The van der Waals surface area contributed by atoms with Gasteiger partial charge in [0, 0.05) is 12.3 Å². The summed E-state index contributed by atoms with van der Waals surface area (Å²) in [7, 11) is 0. The summed E-state index contributed by atoms with van der Waals surface area (Å²) >= 11 is 5.76. The molecule has 1 amide bonds. The molecule has 1 aromatic carbocycles. The molecule has 3 rings (SSSR count). The van der Waals surface area contributed by atoms with Crippen LogP contribution >= 0.6 is 11.6 Å². The molecular weight excluding hydrogens is 348 g/mol. The average Bonchev–Trinajstić information content (AvgIpc) is 3.02. The molecule has 0 saturated heterocycles. The molecule has 0 unspecified atom stereocenters. The van der Waals surface area contributed by atoms with E-state index >= 15 is 0 Å². The topological polar surface area (TPSA) is 59.8 Å². The number of hydrogen-bond donors (Lipinski definition) is 1. The highest BCUT2D eigenvalue weighted by molar-refractivity contribution is 6.29. The van der Waals surface area contributed by atoms with E-state index in [0.717, 1.165) is 5.56 Å². The third-order valence-electron chi connectivity index (χ3n) is 4.10. The molecule has 0 aliphatic rings. The van der Waals surface area contributed by atoms with Gasteiger partial charge in [0.05, 0.1) is 18.3 Å². The third-order valence-corrected chi connectivity index (χ3v) is 4.32. The van der Waals surface area contributed by atoms with Gasteiger partial charge in [-0.2, -0.15) is 5.10 Å². The maximum absolute atomic E-state index is 12.3. The lowest BCUT2D eigenvalue weighted by atomic mass is 9.87. The smallest absolute Gasteiger partial charge is 0.258 e. The van der Waals surface area contributed by atoms with Crippen molar-refractivity contribution in [2.75, 3.05) is 5.32 Å². The Morgan fingerprint density at radius 3 is 2.46 bits per heavy atom. The van der Waals surface area contributed by atoms with E-state index in [0.29, 0.717) is 23.1 Å². The molecule has 26 heavy (non-hydrogen) atoms. The van der Waals surface area contributed by atoms with Crippen molar-refractivity contribution in [2.45, 2.75) is 32.7 Å². The predicted octanol–water partition coefficient (Wildman–Crippen LogP) is 4.53. The highest BCUT2D eigenvalue weighted by Gasteiger charge is 2.14. The Morgan fingerprint density at radius 1 is 1.12 bits per heavy atom. The number of carbonyl (C=O) groups is 1. The molecule has 2 aromatic heterocycles. The lowest BCUT2D eigenvalue weighted by molar-refractivity contribution is 0.102. The Labute approximate surface area is 158 Å². The van der Waals surface area contributed by atoms with E-state index in [9.17, 15) is 4.79 Å². The summed E-state index contributed by atoms with van der Waals surface area (Å²) in [6.45, 7) is 7.14. The molecule has 6 heteroatoms. The number of hydrogen-bond acceptors (Lipinski definition) is 3. The maximum atomic E-state index is 12.3. The van der Waals surface area contributed by atoms with Crippen LogP contribution in [0.5, 0.6) is 0 Å². The van der Waals surface area contributed by atoms with Crippen LogP contribution in [0.15, 0.2) is 54.9 Å². The normalized spacial score (nSPS) is 11.4. The largest absolute Gasteiger partial charge is 0.307 e. The molecule has 134 valence electrons. The van der Waals surface area contributed by atoms with Gasteiger partial charge >= 0.3 is 0 Å². The Morgan fingerprint density at radius 2 is 1.85 bits per heavy atom. The van der Waals surface area contributed by atoms with Gasteiger partial charge in [-0.25, -0.2) is 9.67 Å². The highest BCUT2D eigenvalue weighted by Crippen LogP contribution is 2.22. The number of carbonyl (C=O) groups excluding carboxylic acids is 1. The quantitative estimate of drug-likeness (QED) is 0.688. The summed E-state index contributed by atoms with van der Waals surface area (Å²) in [5.41, 5.74) is 2.96. The van der Waals surface area contributed by atoms with Gasteiger partial charge in [-0.05, 0) is 28.7 Å². The number of nitrogens with one attached hydrogen (secondary N) is 1. The number of nitrogens with zero attached hydrogens (tertiary/aromatic N) is 3. The van der Waals surface area contributed by atoms with Crippen molar-refractivity contribution in [2.24, 2.45) is 0 Å². The van der Waals surface area contributed by atoms with Crippen LogP contribution in [-0.2, 0) is 12.0 Å². The van der Waals surface area contributed by atoms with Crippen LogP contribution in [-0.4, -0.2) is 20.7 Å². The van der Waals surface area contributed by atoms with Crippen molar-refractivity contribution in [1.82, 2.24) is 14.8 Å². The van der Waals surface area contributed by atoms with Crippen LogP contribution in [0.3, 0.4) is 0 Å². The number of rotatable bonds is 4. The molecular formula is C20H21ClN4O. The standard InChI is InChI=1S/C20H21ClN4O/c1-20(2,3)16-7-4-14(5-8-16)13-25-18(10-11-23-25)24-19(26)15-6-9-17(21)22-12-15/h4-12H,13H2,1-3H3,(H,24,26). The van der Waals surface area contributed by atoms with Crippen LogP contribution in [0.4, 0.5) is 5.82 Å². The summed E-state index contributed by atoms with van der Waals surface area (Å²) in [5, 5.41) is 7.52. The molecule has 1 N–H and O–H groups in total. The van der Waals surface area contributed by atoms with E-state index in [2.05, 4.69) is 60.4 Å². The molecule has 0 aliphatic heterocycles. The minimum absolute atomic E-state index is 0.121. The molecule has 2 heterocycles. The summed E-state index contributed by atoms with van der Waals surface area (Å²) in [6.07, 6.45) is 3.11. The number of halogens is 1. The molecule has 0 radical (unpaired) electrons. The van der Waals surface area contributed by atoms with E-state index in [1.54, 1.807) is 29.1 Å². The molecule has 0 aliphatic carbocycles. The summed E-state index contributed by atoms with van der Waals surface area (Å²) in [6, 6.07) is 13.5. The second-order valence-electron chi connectivity index (χ2n) is 7.14. The van der Waals surface area contributed by atoms with Gasteiger partial charge < -0.3 is 5.32 Å². The number of pyridine rings is 1. The van der Waals surface area contributed by atoms with Gasteiger partial charge in [0.15, 0.2) is 0 Å². The van der Waals surface area contributed by atoms with E-state index in [1.165, 1.54) is 11.8 Å². The predicted molar refractivity (Wildman–Crippen MR) is 104 cm³/mol. The van der Waals surface area contributed by atoms with Crippen molar-refractivity contribution in [3.05, 3.63) is 76.7 Å². The monoisotopic (exact) mass is 368 g/mol. The number of anilines is 1. The van der Waals surface area contributed by atoms with Crippen molar-refractivity contribution in [1.29, 1.82) is 0 Å². The van der Waals surface area contributed by atoms with E-state index < -0.39 is 0 Å². The second kappa shape index (κ2) is 7.30. The molecule has 0 bridgehead atoms. The first-order valence-corrected chi connectivity index (χ1v) is 8.75. The first kappa shape index (κ1) is 18.1. The Hall–Kier alpha value is -2.66. The number of amides is 1. The van der Waals surface area contributed by atoms with Gasteiger partial charge in [0.25, 0.3) is 5.91 Å². The zero-order valence-corrected chi connectivity index (χ0v) is 15.8. The zero-order valence-electron chi connectivity index (χ0n) is 15.0. The molecule has 0 atom stereocenters. The molecule has 0 spiro atoms. The summed E-state index contributed by atoms with van der Waals surface area (Å²) in [5.74, 6) is 0.379. The molecule has 0 fully saturated rings. The van der Waals surface area contributed by atoms with Crippen LogP contribution in [0, 0.1) is 0 Å². The van der Waals surface area contributed by atoms with Crippen LogP contribution in [0.2, 0.25) is 5.15 Å². The zero-order chi connectivity index (χ0) is 18.7.